The van der Waals surface area contributed by atoms with Gasteiger partial charge in [-0.2, -0.15) is 11.8 Å². The van der Waals surface area contributed by atoms with Gasteiger partial charge in [-0.3, -0.25) is 0 Å². The lowest BCUT2D eigenvalue weighted by Crippen LogP contribution is -2.30. The van der Waals surface area contributed by atoms with E-state index in [9.17, 15) is 8.42 Å². The summed E-state index contributed by atoms with van der Waals surface area (Å²) < 4.78 is 23.0. The van der Waals surface area contributed by atoms with Crippen molar-refractivity contribution < 1.29 is 8.42 Å². The van der Waals surface area contributed by atoms with Crippen molar-refractivity contribution in [2.24, 2.45) is 5.14 Å². The van der Waals surface area contributed by atoms with Gasteiger partial charge in [-0.1, -0.05) is 0 Å². The molecule has 0 heterocycles. The molecule has 0 aromatic heterocycles. The lowest BCUT2D eigenvalue weighted by atomic mass is 10.1. The van der Waals surface area contributed by atoms with Crippen molar-refractivity contribution >= 4 is 44.8 Å². The van der Waals surface area contributed by atoms with Gasteiger partial charge >= 0.3 is 0 Å². The minimum absolute atomic E-state index is 0.0817. The predicted molar refractivity (Wildman–Crippen MR) is 94.5 cm³/mol. The highest BCUT2D eigenvalue weighted by Crippen LogP contribution is 2.23. The zero-order valence-electron chi connectivity index (χ0n) is 12.4. The lowest BCUT2D eigenvalue weighted by molar-refractivity contribution is 0.597. The van der Waals surface area contributed by atoms with Gasteiger partial charge in [0.15, 0.2) is 5.11 Å². The molecule has 4 N–H and O–H groups in total. The quantitative estimate of drug-likeness (QED) is 0.539. The summed E-state index contributed by atoms with van der Waals surface area (Å²) >= 11 is 7.00. The summed E-state index contributed by atoms with van der Waals surface area (Å²) in [5, 5.41) is 11.8. The largest absolute Gasteiger partial charge is 0.362 e. The van der Waals surface area contributed by atoms with Crippen molar-refractivity contribution in [1.29, 1.82) is 0 Å². The molecule has 0 aliphatic carbocycles. The topological polar surface area (TPSA) is 84.2 Å². The van der Waals surface area contributed by atoms with Gasteiger partial charge in [0, 0.05) is 12.2 Å². The number of hydrogen-bond acceptors (Lipinski definition) is 4. The number of primary sulfonamides is 1. The van der Waals surface area contributed by atoms with Gasteiger partial charge in [0.05, 0.1) is 4.90 Å². The van der Waals surface area contributed by atoms with Gasteiger partial charge in [0.1, 0.15) is 0 Å². The number of nitrogens with one attached hydrogen (secondary N) is 2. The van der Waals surface area contributed by atoms with E-state index in [1.54, 1.807) is 17.8 Å². The summed E-state index contributed by atoms with van der Waals surface area (Å²) in [5.41, 5.74) is 2.44. The van der Waals surface area contributed by atoms with E-state index in [1.807, 2.05) is 13.8 Å². The fourth-order valence-electron chi connectivity index (χ4n) is 1.71. The summed E-state index contributed by atoms with van der Waals surface area (Å²) in [6, 6.07) is 3.07. The van der Waals surface area contributed by atoms with Gasteiger partial charge in [-0.05, 0) is 67.8 Å². The molecule has 118 valence electrons. The van der Waals surface area contributed by atoms with Crippen molar-refractivity contribution in [3.8, 4) is 0 Å². The maximum Gasteiger partial charge on any atom is 0.238 e. The zero-order valence-corrected chi connectivity index (χ0v) is 14.8. The van der Waals surface area contributed by atoms with Crippen molar-refractivity contribution in [2.75, 3.05) is 23.9 Å². The Kier molecular flexibility index (Phi) is 6.92. The van der Waals surface area contributed by atoms with Crippen molar-refractivity contribution in [3.63, 3.8) is 0 Å². The molecule has 0 aliphatic heterocycles. The Morgan fingerprint density at radius 3 is 2.62 bits per heavy atom. The first-order chi connectivity index (χ1) is 9.75. The molecule has 8 heteroatoms. The van der Waals surface area contributed by atoms with Crippen LogP contribution in [0.4, 0.5) is 5.69 Å². The van der Waals surface area contributed by atoms with Gasteiger partial charge in [-0.15, -0.1) is 0 Å². The highest BCUT2D eigenvalue weighted by molar-refractivity contribution is 7.98. The van der Waals surface area contributed by atoms with E-state index in [0.29, 0.717) is 10.8 Å². The summed E-state index contributed by atoms with van der Waals surface area (Å²) in [4.78, 5) is 0.0817. The molecule has 0 bridgehead atoms. The SMILES string of the molecule is CSCCCNC(=S)Nc1cc(S(N)(=O)=O)cc(C)c1C. The number of sulfonamides is 1. The molecular formula is C13H21N3O2S3. The van der Waals surface area contributed by atoms with Crippen LogP contribution >= 0.6 is 24.0 Å². The molecule has 21 heavy (non-hydrogen) atoms. The summed E-state index contributed by atoms with van der Waals surface area (Å²) in [7, 11) is -3.73. The van der Waals surface area contributed by atoms with Crippen LogP contribution in [0, 0.1) is 13.8 Å². The highest BCUT2D eigenvalue weighted by atomic mass is 32.2. The van der Waals surface area contributed by atoms with Crippen LogP contribution in [-0.2, 0) is 10.0 Å². The van der Waals surface area contributed by atoms with Crippen molar-refractivity contribution in [2.45, 2.75) is 25.2 Å². The molecule has 5 nitrogen and oxygen atoms in total. The molecule has 1 aromatic rings. The molecule has 0 amide bonds. The number of thiocarbonyl (C=S) groups is 1. The van der Waals surface area contributed by atoms with Gasteiger partial charge in [0.2, 0.25) is 10.0 Å². The predicted octanol–water partition coefficient (Wildman–Crippen LogP) is 1.99. The Morgan fingerprint density at radius 2 is 2.05 bits per heavy atom. The molecule has 0 saturated heterocycles. The monoisotopic (exact) mass is 347 g/mol. The first-order valence-corrected chi connectivity index (χ1v) is 9.78. The van der Waals surface area contributed by atoms with Gasteiger partial charge in [-0.25, -0.2) is 13.6 Å². The molecule has 0 radical (unpaired) electrons. The smallest absolute Gasteiger partial charge is 0.238 e. The first kappa shape index (κ1) is 18.2. The normalized spacial score (nSPS) is 11.2. The second-order valence-corrected chi connectivity index (χ2v) is 7.64. The number of aryl methyl sites for hydroxylation is 1. The molecule has 1 rings (SSSR count). The fraction of sp³-hybridized carbons (Fsp3) is 0.462. The Bertz CT molecular complexity index is 615. The molecule has 0 spiro atoms. The van der Waals surface area contributed by atoms with E-state index in [2.05, 4.69) is 16.9 Å². The number of thioether (sulfide) groups is 1. The molecule has 1 aromatic carbocycles. The van der Waals surface area contributed by atoms with Crippen LogP contribution < -0.4 is 15.8 Å². The molecular weight excluding hydrogens is 326 g/mol. The van der Waals surface area contributed by atoms with E-state index < -0.39 is 10.0 Å². The second kappa shape index (κ2) is 7.98. The number of hydrogen-bond donors (Lipinski definition) is 3. The number of anilines is 1. The Morgan fingerprint density at radius 1 is 1.38 bits per heavy atom. The summed E-state index contributed by atoms with van der Waals surface area (Å²) in [6.07, 6.45) is 3.07. The highest BCUT2D eigenvalue weighted by Gasteiger charge is 2.13. The van der Waals surface area contributed by atoms with E-state index in [4.69, 9.17) is 17.4 Å². The average molecular weight is 348 g/mol. The van der Waals surface area contributed by atoms with E-state index >= 15 is 0 Å². The molecule has 0 fully saturated rings. The third-order valence-corrected chi connectivity index (χ3v) is 4.86. The molecule has 0 atom stereocenters. The van der Waals surface area contributed by atoms with E-state index in [1.165, 1.54) is 6.07 Å². The third-order valence-electron chi connectivity index (χ3n) is 3.03. The molecule has 0 saturated carbocycles. The van der Waals surface area contributed by atoms with Crippen LogP contribution in [0.2, 0.25) is 0 Å². The Labute approximate surface area is 136 Å². The minimum atomic E-state index is -3.73. The average Bonchev–Trinajstić information content (AvgIpc) is 2.38. The van der Waals surface area contributed by atoms with E-state index in [-0.39, 0.29) is 4.90 Å². The van der Waals surface area contributed by atoms with Crippen LogP contribution in [0.1, 0.15) is 17.5 Å². The van der Waals surface area contributed by atoms with E-state index in [0.717, 1.165) is 29.8 Å². The van der Waals surface area contributed by atoms with Crippen LogP contribution in [-0.4, -0.2) is 32.1 Å². The van der Waals surface area contributed by atoms with Gasteiger partial charge < -0.3 is 10.6 Å². The van der Waals surface area contributed by atoms with Crippen molar-refractivity contribution in [3.05, 3.63) is 23.3 Å². The number of benzene rings is 1. The maximum atomic E-state index is 11.5. The Hall–Kier alpha value is -0.830. The molecule has 0 unspecified atom stereocenters. The zero-order chi connectivity index (χ0) is 16.0. The van der Waals surface area contributed by atoms with Crippen LogP contribution in [0.15, 0.2) is 17.0 Å². The number of rotatable bonds is 6. The van der Waals surface area contributed by atoms with Crippen LogP contribution in [0.5, 0.6) is 0 Å². The first-order valence-electron chi connectivity index (χ1n) is 6.43. The third kappa shape index (κ3) is 5.82. The van der Waals surface area contributed by atoms with Crippen molar-refractivity contribution in [1.82, 2.24) is 5.32 Å². The standard InChI is InChI=1S/C13H21N3O2S3/c1-9-7-11(21(14,17)18)8-12(10(9)2)16-13(19)15-5-4-6-20-3/h7-8H,4-6H2,1-3H3,(H2,14,17,18)(H2,15,16,19). The second-order valence-electron chi connectivity index (χ2n) is 4.68. The minimum Gasteiger partial charge on any atom is -0.362 e. The Balaban J connectivity index is 2.83. The summed E-state index contributed by atoms with van der Waals surface area (Å²) in [5.74, 6) is 1.06. The van der Waals surface area contributed by atoms with Gasteiger partial charge in [0.25, 0.3) is 0 Å². The number of nitrogens with two attached hydrogens (primary N) is 1. The lowest BCUT2D eigenvalue weighted by Gasteiger charge is -2.15. The van der Waals surface area contributed by atoms with Crippen LogP contribution in [0.25, 0.3) is 0 Å². The van der Waals surface area contributed by atoms with Crippen LogP contribution in [0.3, 0.4) is 0 Å². The maximum absolute atomic E-state index is 11.5. The summed E-state index contributed by atoms with van der Waals surface area (Å²) in [6.45, 7) is 4.52. The molecule has 0 aliphatic rings. The fourth-order valence-corrected chi connectivity index (χ4v) is 2.97.